The molecular weight excluding hydrogens is 232 g/mol. The Morgan fingerprint density at radius 3 is 2.88 bits per heavy atom. The van der Waals surface area contributed by atoms with Gasteiger partial charge < -0.3 is 10.6 Å². The molecule has 0 unspecified atom stereocenters. The highest BCUT2D eigenvalue weighted by atomic mass is 32.2. The minimum Gasteiger partial charge on any atom is -0.399 e. The predicted molar refractivity (Wildman–Crippen MR) is 73.7 cm³/mol. The lowest BCUT2D eigenvalue weighted by atomic mass is 10.1. The van der Waals surface area contributed by atoms with Crippen LogP contribution in [0, 0.1) is 0 Å². The van der Waals surface area contributed by atoms with E-state index < -0.39 is 0 Å². The Balaban J connectivity index is 2.40. The average Bonchev–Trinajstić information content (AvgIpc) is 2.17. The van der Waals surface area contributed by atoms with Crippen molar-refractivity contribution in [2.45, 2.75) is 30.4 Å². The number of fused-ring (bicyclic) bond motifs is 1. The van der Waals surface area contributed by atoms with E-state index in [0.29, 0.717) is 6.54 Å². The van der Waals surface area contributed by atoms with E-state index in [9.17, 15) is 4.79 Å². The summed E-state index contributed by atoms with van der Waals surface area (Å²) in [6.07, 6.45) is 0. The quantitative estimate of drug-likeness (QED) is 0.819. The maximum atomic E-state index is 11.3. The lowest BCUT2D eigenvalue weighted by molar-refractivity contribution is -0.115. The fraction of sp³-hybridized carbons (Fsp3) is 0.462. The van der Waals surface area contributed by atoms with Gasteiger partial charge in [0.1, 0.15) is 5.78 Å². The number of ketones is 1. The first-order valence-corrected chi connectivity index (χ1v) is 6.52. The zero-order chi connectivity index (χ0) is 12.6. The van der Waals surface area contributed by atoms with Crippen molar-refractivity contribution in [1.29, 1.82) is 0 Å². The molecule has 0 atom stereocenters. The Kier molecular flexibility index (Phi) is 3.08. The summed E-state index contributed by atoms with van der Waals surface area (Å²) in [6, 6.07) is 5.92. The molecule has 4 heteroatoms. The standard InChI is InChI=1S/C13H18N2OS/c1-9(16)7-15-8-13(2,3)17-12-5-4-10(14)6-11(12)15/h4-6H,7-8,14H2,1-3H3. The van der Waals surface area contributed by atoms with Gasteiger partial charge in [-0.3, -0.25) is 4.79 Å². The molecule has 0 radical (unpaired) electrons. The number of nitrogen functional groups attached to an aromatic ring is 1. The van der Waals surface area contributed by atoms with Crippen LogP contribution in [0.1, 0.15) is 20.8 Å². The monoisotopic (exact) mass is 250 g/mol. The molecule has 0 saturated carbocycles. The van der Waals surface area contributed by atoms with Gasteiger partial charge in [-0.25, -0.2) is 0 Å². The summed E-state index contributed by atoms with van der Waals surface area (Å²) in [7, 11) is 0. The van der Waals surface area contributed by atoms with Gasteiger partial charge in [-0.2, -0.15) is 0 Å². The fourth-order valence-corrected chi connectivity index (χ4v) is 3.40. The minimum absolute atomic E-state index is 0.124. The van der Waals surface area contributed by atoms with Crippen LogP contribution in [0.4, 0.5) is 11.4 Å². The van der Waals surface area contributed by atoms with Gasteiger partial charge in [0.2, 0.25) is 0 Å². The van der Waals surface area contributed by atoms with Crippen molar-refractivity contribution in [3.05, 3.63) is 18.2 Å². The summed E-state index contributed by atoms with van der Waals surface area (Å²) in [6.45, 7) is 7.35. The number of hydrogen-bond acceptors (Lipinski definition) is 4. The molecule has 1 aliphatic rings. The van der Waals surface area contributed by atoms with Crippen molar-refractivity contribution in [1.82, 2.24) is 0 Å². The topological polar surface area (TPSA) is 46.3 Å². The summed E-state index contributed by atoms with van der Waals surface area (Å²) in [5, 5.41) is 0. The second-order valence-corrected chi connectivity index (χ2v) is 6.90. The SMILES string of the molecule is CC(=O)CN1CC(C)(C)Sc2ccc(N)cc21. The molecule has 1 aromatic carbocycles. The molecule has 0 saturated heterocycles. The highest BCUT2D eigenvalue weighted by molar-refractivity contribution is 8.00. The van der Waals surface area contributed by atoms with Crippen LogP contribution in [0.15, 0.2) is 23.1 Å². The van der Waals surface area contributed by atoms with Gasteiger partial charge in [-0.1, -0.05) is 0 Å². The molecule has 0 amide bonds. The van der Waals surface area contributed by atoms with E-state index >= 15 is 0 Å². The molecule has 92 valence electrons. The molecule has 1 heterocycles. The molecule has 2 rings (SSSR count). The van der Waals surface area contributed by atoms with E-state index in [0.717, 1.165) is 17.9 Å². The summed E-state index contributed by atoms with van der Waals surface area (Å²) >= 11 is 1.85. The largest absolute Gasteiger partial charge is 0.399 e. The van der Waals surface area contributed by atoms with E-state index in [1.807, 2.05) is 30.0 Å². The maximum absolute atomic E-state index is 11.3. The second-order valence-electron chi connectivity index (χ2n) is 5.15. The Labute approximate surface area is 106 Å². The maximum Gasteiger partial charge on any atom is 0.149 e. The number of carbonyl (C=O) groups is 1. The lowest BCUT2D eigenvalue weighted by Crippen LogP contribution is -2.42. The zero-order valence-corrected chi connectivity index (χ0v) is 11.3. The lowest BCUT2D eigenvalue weighted by Gasteiger charge is -2.39. The van der Waals surface area contributed by atoms with Crippen molar-refractivity contribution < 1.29 is 4.79 Å². The van der Waals surface area contributed by atoms with E-state index in [-0.39, 0.29) is 10.5 Å². The zero-order valence-electron chi connectivity index (χ0n) is 10.5. The van der Waals surface area contributed by atoms with Crippen molar-refractivity contribution in [2.24, 2.45) is 0 Å². The third-order valence-corrected chi connectivity index (χ3v) is 3.94. The number of rotatable bonds is 2. The Morgan fingerprint density at radius 2 is 2.24 bits per heavy atom. The highest BCUT2D eigenvalue weighted by Gasteiger charge is 2.31. The number of Topliss-reactive ketones (excluding diaryl/α,β-unsaturated/α-hetero) is 1. The van der Waals surface area contributed by atoms with Gasteiger partial charge in [0.15, 0.2) is 0 Å². The molecule has 3 nitrogen and oxygen atoms in total. The molecule has 1 aromatic rings. The van der Waals surface area contributed by atoms with E-state index in [4.69, 9.17) is 5.73 Å². The Hall–Kier alpha value is -1.16. The molecule has 0 fully saturated rings. The van der Waals surface area contributed by atoms with E-state index in [2.05, 4.69) is 18.7 Å². The van der Waals surface area contributed by atoms with Crippen molar-refractivity contribution in [2.75, 3.05) is 23.7 Å². The normalized spacial score (nSPS) is 17.7. The number of carbonyl (C=O) groups excluding carboxylic acids is 1. The Morgan fingerprint density at radius 1 is 1.53 bits per heavy atom. The number of nitrogens with two attached hydrogens (primary N) is 1. The predicted octanol–water partition coefficient (Wildman–Crippen LogP) is 2.55. The molecule has 17 heavy (non-hydrogen) atoms. The molecule has 0 spiro atoms. The van der Waals surface area contributed by atoms with Crippen LogP contribution >= 0.6 is 11.8 Å². The average molecular weight is 250 g/mol. The first-order chi connectivity index (χ1) is 7.87. The van der Waals surface area contributed by atoms with Crippen molar-refractivity contribution in [3.8, 4) is 0 Å². The molecule has 0 bridgehead atoms. The van der Waals surface area contributed by atoms with E-state index in [1.165, 1.54) is 4.90 Å². The van der Waals surface area contributed by atoms with Crippen LogP contribution in [-0.2, 0) is 4.79 Å². The van der Waals surface area contributed by atoms with Gasteiger partial charge in [0, 0.05) is 21.9 Å². The molecule has 2 N–H and O–H groups in total. The van der Waals surface area contributed by atoms with Gasteiger partial charge in [0.25, 0.3) is 0 Å². The molecular formula is C13H18N2OS. The third kappa shape index (κ3) is 2.75. The van der Waals surface area contributed by atoms with Crippen LogP contribution in [0.5, 0.6) is 0 Å². The van der Waals surface area contributed by atoms with Crippen LogP contribution in [0.2, 0.25) is 0 Å². The number of nitrogens with zero attached hydrogens (tertiary/aromatic N) is 1. The van der Waals surface area contributed by atoms with Gasteiger partial charge in [-0.05, 0) is 39.0 Å². The minimum atomic E-state index is 0.124. The van der Waals surface area contributed by atoms with Crippen LogP contribution in [0.3, 0.4) is 0 Å². The van der Waals surface area contributed by atoms with Gasteiger partial charge in [0.05, 0.1) is 12.2 Å². The molecule has 0 aliphatic carbocycles. The number of hydrogen-bond donors (Lipinski definition) is 1. The fourth-order valence-electron chi connectivity index (χ4n) is 2.15. The highest BCUT2D eigenvalue weighted by Crippen LogP contribution is 2.44. The summed E-state index contributed by atoms with van der Waals surface area (Å²) in [5.74, 6) is 0.182. The van der Waals surface area contributed by atoms with Crippen LogP contribution in [-0.4, -0.2) is 23.6 Å². The smallest absolute Gasteiger partial charge is 0.149 e. The molecule has 1 aliphatic heterocycles. The number of anilines is 2. The van der Waals surface area contributed by atoms with Gasteiger partial charge >= 0.3 is 0 Å². The summed E-state index contributed by atoms with van der Waals surface area (Å²) < 4.78 is 0.124. The summed E-state index contributed by atoms with van der Waals surface area (Å²) in [5.41, 5.74) is 7.66. The van der Waals surface area contributed by atoms with Crippen molar-refractivity contribution >= 4 is 28.9 Å². The van der Waals surface area contributed by atoms with Crippen molar-refractivity contribution in [3.63, 3.8) is 0 Å². The van der Waals surface area contributed by atoms with E-state index in [1.54, 1.807) is 6.92 Å². The summed E-state index contributed by atoms with van der Waals surface area (Å²) in [4.78, 5) is 14.7. The van der Waals surface area contributed by atoms with Gasteiger partial charge in [-0.15, -0.1) is 11.8 Å². The number of benzene rings is 1. The number of thioether (sulfide) groups is 1. The first kappa shape index (κ1) is 12.3. The second kappa shape index (κ2) is 4.26. The Bertz CT molecular complexity index is 457. The first-order valence-electron chi connectivity index (χ1n) is 5.70. The van der Waals surface area contributed by atoms with Crippen LogP contribution in [0.25, 0.3) is 0 Å². The van der Waals surface area contributed by atoms with Crippen LogP contribution < -0.4 is 10.6 Å². The molecule has 0 aromatic heterocycles. The third-order valence-electron chi connectivity index (χ3n) is 2.70.